The van der Waals surface area contributed by atoms with Crippen molar-refractivity contribution in [3.8, 4) is 0 Å². The molecule has 0 saturated heterocycles. The van der Waals surface area contributed by atoms with Gasteiger partial charge in [0.2, 0.25) is 0 Å². The largest absolute Gasteiger partial charge is 0.375 e. The molecule has 0 fully saturated rings. The van der Waals surface area contributed by atoms with Crippen molar-refractivity contribution in [1.29, 1.82) is 0 Å². The van der Waals surface area contributed by atoms with Crippen LogP contribution in [0.3, 0.4) is 0 Å². The normalized spacial score (nSPS) is 10.1. The maximum absolute atomic E-state index is 11.9. The molecule has 1 amide bonds. The van der Waals surface area contributed by atoms with Gasteiger partial charge in [0.05, 0.1) is 6.20 Å². The Morgan fingerprint density at radius 3 is 2.88 bits per heavy atom. The van der Waals surface area contributed by atoms with Gasteiger partial charge in [0.25, 0.3) is 5.91 Å². The molecule has 0 unspecified atom stereocenters. The van der Waals surface area contributed by atoms with Crippen LogP contribution in [0.5, 0.6) is 0 Å². The average Bonchev–Trinajstić information content (AvgIpc) is 2.75. The van der Waals surface area contributed by atoms with Crippen LogP contribution in [0.15, 0.2) is 24.8 Å². The summed E-state index contributed by atoms with van der Waals surface area (Å²) in [6.07, 6.45) is 4.42. The molecule has 0 atom stereocenters. The lowest BCUT2D eigenvalue weighted by molar-refractivity contribution is 0.0996. The van der Waals surface area contributed by atoms with Gasteiger partial charge in [0.15, 0.2) is 5.13 Å². The Morgan fingerprint density at radius 1 is 1.50 bits per heavy atom. The van der Waals surface area contributed by atoms with Crippen molar-refractivity contribution in [3.05, 3.63) is 29.7 Å². The molecule has 0 aliphatic carbocycles. The zero-order valence-corrected chi connectivity index (χ0v) is 9.31. The van der Waals surface area contributed by atoms with Gasteiger partial charge < -0.3 is 5.73 Å². The van der Waals surface area contributed by atoms with E-state index in [0.717, 1.165) is 11.3 Å². The van der Waals surface area contributed by atoms with Crippen LogP contribution in [0, 0.1) is 0 Å². The number of rotatable bonds is 2. The summed E-state index contributed by atoms with van der Waals surface area (Å²) < 4.78 is 0. The fourth-order valence-corrected chi connectivity index (χ4v) is 1.80. The predicted octanol–water partition coefficient (Wildman–Crippen LogP) is 0.792. The summed E-state index contributed by atoms with van der Waals surface area (Å²) in [5.41, 5.74) is 5.47. The topological polar surface area (TPSA) is 85.0 Å². The number of aromatic nitrogens is 3. The van der Waals surface area contributed by atoms with Gasteiger partial charge in [-0.05, 0) is 6.07 Å². The van der Waals surface area contributed by atoms with Crippen LogP contribution in [0.1, 0.15) is 9.67 Å². The quantitative estimate of drug-likeness (QED) is 0.831. The minimum absolute atomic E-state index is 0.187. The second-order valence-corrected chi connectivity index (χ2v) is 4.06. The third kappa shape index (κ3) is 1.98. The first kappa shape index (κ1) is 10.5. The average molecular weight is 235 g/mol. The maximum Gasteiger partial charge on any atom is 0.270 e. The molecule has 2 aromatic heterocycles. The number of nitrogens with two attached hydrogens (primary N) is 1. The predicted molar refractivity (Wildman–Crippen MR) is 61.3 cm³/mol. The van der Waals surface area contributed by atoms with Gasteiger partial charge in [0.1, 0.15) is 17.0 Å². The summed E-state index contributed by atoms with van der Waals surface area (Å²) in [6, 6.07) is 1.66. The molecule has 7 heteroatoms. The highest BCUT2D eigenvalue weighted by molar-refractivity contribution is 7.17. The van der Waals surface area contributed by atoms with Crippen molar-refractivity contribution in [2.45, 2.75) is 0 Å². The van der Waals surface area contributed by atoms with Crippen molar-refractivity contribution in [2.24, 2.45) is 0 Å². The van der Waals surface area contributed by atoms with Crippen molar-refractivity contribution >= 4 is 28.2 Å². The molecular weight excluding hydrogens is 226 g/mol. The Bertz CT molecular complexity index is 498. The van der Waals surface area contributed by atoms with E-state index in [1.807, 2.05) is 0 Å². The van der Waals surface area contributed by atoms with Gasteiger partial charge in [0, 0.05) is 13.2 Å². The first-order valence-corrected chi connectivity index (χ1v) is 5.25. The molecule has 6 nitrogen and oxygen atoms in total. The molecule has 2 heterocycles. The molecule has 0 aromatic carbocycles. The number of amides is 1. The number of hydrogen-bond donors (Lipinski definition) is 1. The van der Waals surface area contributed by atoms with E-state index < -0.39 is 0 Å². The molecule has 2 rings (SSSR count). The van der Waals surface area contributed by atoms with E-state index in [1.54, 1.807) is 19.3 Å². The minimum atomic E-state index is -0.187. The Hall–Kier alpha value is -2.02. The highest BCUT2D eigenvalue weighted by atomic mass is 32.1. The molecule has 82 valence electrons. The number of thiazole rings is 1. The Labute approximate surface area is 95.8 Å². The third-order valence-corrected chi connectivity index (χ3v) is 2.76. The zero-order valence-electron chi connectivity index (χ0n) is 8.49. The molecular formula is C9H9N5OS. The van der Waals surface area contributed by atoms with Crippen molar-refractivity contribution in [2.75, 3.05) is 17.7 Å². The molecule has 0 aliphatic heterocycles. The molecule has 0 aliphatic rings. The standard InChI is InChI=1S/C9H9N5OS/c1-14(7-2-3-11-5-13-7)8(15)6-4-12-9(10)16-6/h2-5H,1H3,(H2,10,12). The number of hydrogen-bond acceptors (Lipinski definition) is 6. The van der Waals surface area contributed by atoms with Crippen LogP contribution in [-0.2, 0) is 0 Å². The number of nitrogen functional groups attached to an aromatic ring is 1. The van der Waals surface area contributed by atoms with Crippen LogP contribution < -0.4 is 10.6 Å². The van der Waals surface area contributed by atoms with Gasteiger partial charge >= 0.3 is 0 Å². The first-order chi connectivity index (χ1) is 7.68. The first-order valence-electron chi connectivity index (χ1n) is 4.44. The Kier molecular flexibility index (Phi) is 2.78. The fourth-order valence-electron chi connectivity index (χ4n) is 1.14. The zero-order chi connectivity index (χ0) is 11.5. The number of carbonyl (C=O) groups is 1. The van der Waals surface area contributed by atoms with E-state index in [4.69, 9.17) is 5.73 Å². The summed E-state index contributed by atoms with van der Waals surface area (Å²) in [5.74, 6) is 0.347. The van der Waals surface area contributed by atoms with Gasteiger partial charge in [-0.25, -0.2) is 15.0 Å². The molecule has 2 N–H and O–H groups in total. The number of nitrogens with zero attached hydrogens (tertiary/aromatic N) is 4. The molecule has 0 radical (unpaired) electrons. The van der Waals surface area contributed by atoms with Crippen molar-refractivity contribution in [1.82, 2.24) is 15.0 Å². The summed E-state index contributed by atoms with van der Waals surface area (Å²) in [5, 5.41) is 0.374. The number of carbonyl (C=O) groups excluding carboxylic acids is 1. The van der Waals surface area contributed by atoms with Crippen LogP contribution in [0.25, 0.3) is 0 Å². The summed E-state index contributed by atoms with van der Waals surface area (Å²) in [7, 11) is 1.64. The van der Waals surface area contributed by atoms with Crippen LogP contribution in [0.2, 0.25) is 0 Å². The SMILES string of the molecule is CN(C(=O)c1cnc(N)s1)c1ccncn1. The molecule has 0 bridgehead atoms. The molecule has 2 aromatic rings. The lowest BCUT2D eigenvalue weighted by Crippen LogP contribution is -2.26. The lowest BCUT2D eigenvalue weighted by atomic mass is 10.4. The fraction of sp³-hybridized carbons (Fsp3) is 0.111. The maximum atomic E-state index is 11.9. The highest BCUT2D eigenvalue weighted by Gasteiger charge is 2.16. The second-order valence-electron chi connectivity index (χ2n) is 2.99. The lowest BCUT2D eigenvalue weighted by Gasteiger charge is -2.13. The van der Waals surface area contributed by atoms with Crippen molar-refractivity contribution < 1.29 is 4.79 Å². The van der Waals surface area contributed by atoms with Gasteiger partial charge in [-0.2, -0.15) is 0 Å². The summed E-state index contributed by atoms with van der Waals surface area (Å²) >= 11 is 1.15. The third-order valence-electron chi connectivity index (χ3n) is 1.95. The molecule has 0 spiro atoms. The van der Waals surface area contributed by atoms with E-state index in [2.05, 4.69) is 15.0 Å². The monoisotopic (exact) mass is 235 g/mol. The summed E-state index contributed by atoms with van der Waals surface area (Å²) in [4.78, 5) is 25.4. The minimum Gasteiger partial charge on any atom is -0.375 e. The molecule has 0 saturated carbocycles. The van der Waals surface area contributed by atoms with Gasteiger partial charge in [-0.3, -0.25) is 9.69 Å². The van der Waals surface area contributed by atoms with E-state index in [-0.39, 0.29) is 5.91 Å². The van der Waals surface area contributed by atoms with E-state index in [1.165, 1.54) is 17.4 Å². The smallest absolute Gasteiger partial charge is 0.270 e. The van der Waals surface area contributed by atoms with E-state index in [9.17, 15) is 4.79 Å². The van der Waals surface area contributed by atoms with Crippen LogP contribution in [-0.4, -0.2) is 27.9 Å². The van der Waals surface area contributed by atoms with E-state index in [0.29, 0.717) is 15.8 Å². The van der Waals surface area contributed by atoms with Crippen LogP contribution >= 0.6 is 11.3 Å². The van der Waals surface area contributed by atoms with Gasteiger partial charge in [-0.1, -0.05) is 11.3 Å². The Morgan fingerprint density at radius 2 is 2.31 bits per heavy atom. The number of anilines is 2. The second kappa shape index (κ2) is 4.23. The summed E-state index contributed by atoms with van der Waals surface area (Å²) in [6.45, 7) is 0. The molecule has 16 heavy (non-hydrogen) atoms. The van der Waals surface area contributed by atoms with Crippen molar-refractivity contribution in [3.63, 3.8) is 0 Å². The van der Waals surface area contributed by atoms with E-state index >= 15 is 0 Å². The Balaban J connectivity index is 2.23. The van der Waals surface area contributed by atoms with Crippen LogP contribution in [0.4, 0.5) is 10.9 Å². The van der Waals surface area contributed by atoms with Gasteiger partial charge in [-0.15, -0.1) is 0 Å². The highest BCUT2D eigenvalue weighted by Crippen LogP contribution is 2.18.